The molecule has 0 aliphatic carbocycles. The lowest BCUT2D eigenvalue weighted by Gasteiger charge is -2.23. The van der Waals surface area contributed by atoms with E-state index in [1.807, 2.05) is 30.3 Å². The van der Waals surface area contributed by atoms with E-state index in [1.54, 1.807) is 19.0 Å². The van der Waals surface area contributed by atoms with Crippen molar-refractivity contribution in [2.75, 3.05) is 20.7 Å². The fourth-order valence-electron chi connectivity index (χ4n) is 2.45. The number of amides is 2. The van der Waals surface area contributed by atoms with E-state index in [1.165, 1.54) is 12.1 Å². The molecule has 0 aliphatic rings. The first-order chi connectivity index (χ1) is 13.7. The molecule has 0 radical (unpaired) electrons. The van der Waals surface area contributed by atoms with E-state index in [0.717, 1.165) is 17.7 Å². The van der Waals surface area contributed by atoms with Crippen LogP contribution < -0.4 is 10.1 Å². The van der Waals surface area contributed by atoms with Crippen LogP contribution in [-0.2, 0) is 16.1 Å². The SMILES string of the molecule is CN(C)[C@@H](COCc1ccccc1)C(=O)NC(=O)c1ccccc1OC(F)(F)F. The highest BCUT2D eigenvalue weighted by Crippen LogP contribution is 2.26. The number of nitrogens with zero attached hydrogens (tertiary/aromatic N) is 1. The van der Waals surface area contributed by atoms with E-state index in [2.05, 4.69) is 10.1 Å². The molecule has 0 aromatic heterocycles. The maximum absolute atomic E-state index is 12.5. The van der Waals surface area contributed by atoms with Crippen LogP contribution in [0.15, 0.2) is 54.6 Å². The highest BCUT2D eigenvalue weighted by atomic mass is 19.4. The van der Waals surface area contributed by atoms with Crippen molar-refractivity contribution >= 4 is 11.8 Å². The summed E-state index contributed by atoms with van der Waals surface area (Å²) in [5.41, 5.74) is 0.514. The minimum absolute atomic E-state index is 0.0122. The molecule has 9 heteroatoms. The van der Waals surface area contributed by atoms with E-state index in [4.69, 9.17) is 4.74 Å². The number of para-hydroxylation sites is 1. The molecule has 156 valence electrons. The lowest BCUT2D eigenvalue weighted by atomic mass is 10.1. The number of carbonyl (C=O) groups excluding carboxylic acids is 2. The summed E-state index contributed by atoms with van der Waals surface area (Å²) in [4.78, 5) is 26.4. The second-order valence-corrected chi connectivity index (χ2v) is 6.34. The minimum Gasteiger partial charge on any atom is -0.405 e. The van der Waals surface area contributed by atoms with Gasteiger partial charge in [-0.05, 0) is 31.8 Å². The first kappa shape index (κ1) is 22.4. The van der Waals surface area contributed by atoms with Gasteiger partial charge in [0, 0.05) is 0 Å². The summed E-state index contributed by atoms with van der Waals surface area (Å²) in [7, 11) is 3.25. The number of benzene rings is 2. The summed E-state index contributed by atoms with van der Waals surface area (Å²) in [5.74, 6) is -2.38. The monoisotopic (exact) mass is 410 g/mol. The number of ether oxygens (including phenoxy) is 2. The predicted octanol–water partition coefficient (Wildman–Crippen LogP) is 2.99. The lowest BCUT2D eigenvalue weighted by Crippen LogP contribution is -2.48. The van der Waals surface area contributed by atoms with Crippen LogP contribution in [0.4, 0.5) is 13.2 Å². The molecule has 2 aromatic carbocycles. The zero-order chi connectivity index (χ0) is 21.4. The van der Waals surface area contributed by atoms with Crippen LogP contribution in [0.1, 0.15) is 15.9 Å². The van der Waals surface area contributed by atoms with E-state index in [-0.39, 0.29) is 13.2 Å². The molecule has 0 saturated carbocycles. The van der Waals surface area contributed by atoms with Crippen LogP contribution in [-0.4, -0.2) is 49.8 Å². The molecule has 0 bridgehead atoms. The van der Waals surface area contributed by atoms with E-state index >= 15 is 0 Å². The van der Waals surface area contributed by atoms with Gasteiger partial charge in [0.2, 0.25) is 5.91 Å². The zero-order valence-corrected chi connectivity index (χ0v) is 15.9. The zero-order valence-electron chi connectivity index (χ0n) is 15.9. The molecule has 1 N–H and O–H groups in total. The molecule has 0 saturated heterocycles. The highest BCUT2D eigenvalue weighted by Gasteiger charge is 2.33. The summed E-state index contributed by atoms with van der Waals surface area (Å²) in [5, 5.41) is 2.11. The van der Waals surface area contributed by atoms with E-state index in [9.17, 15) is 22.8 Å². The van der Waals surface area contributed by atoms with Gasteiger partial charge in [0.15, 0.2) is 0 Å². The van der Waals surface area contributed by atoms with Crippen LogP contribution >= 0.6 is 0 Å². The molecular formula is C20H21F3N2O4. The Balaban J connectivity index is 2.01. The number of rotatable bonds is 8. The summed E-state index contributed by atoms with van der Waals surface area (Å²) >= 11 is 0. The normalized spacial score (nSPS) is 12.5. The molecule has 0 spiro atoms. The van der Waals surface area contributed by atoms with Gasteiger partial charge in [-0.15, -0.1) is 13.2 Å². The number of likely N-dealkylation sites (N-methyl/N-ethyl adjacent to an activating group) is 1. The second-order valence-electron chi connectivity index (χ2n) is 6.34. The van der Waals surface area contributed by atoms with Crippen molar-refractivity contribution in [3.8, 4) is 5.75 Å². The molecule has 2 amide bonds. The van der Waals surface area contributed by atoms with Crippen molar-refractivity contribution in [2.45, 2.75) is 19.0 Å². The molecule has 0 heterocycles. The molecule has 1 atom stereocenters. The molecule has 0 aliphatic heterocycles. The number of alkyl halides is 3. The minimum atomic E-state index is -4.96. The average molecular weight is 410 g/mol. The van der Waals surface area contributed by atoms with Crippen LogP contribution in [0.3, 0.4) is 0 Å². The first-order valence-electron chi connectivity index (χ1n) is 8.65. The summed E-state index contributed by atoms with van der Waals surface area (Å²) in [6.07, 6.45) is -4.96. The largest absolute Gasteiger partial charge is 0.573 e. The van der Waals surface area contributed by atoms with Crippen molar-refractivity contribution in [3.05, 3.63) is 65.7 Å². The highest BCUT2D eigenvalue weighted by molar-refractivity contribution is 6.07. The molecule has 2 rings (SSSR count). The molecule has 29 heavy (non-hydrogen) atoms. The van der Waals surface area contributed by atoms with Crippen LogP contribution in [0, 0.1) is 0 Å². The van der Waals surface area contributed by atoms with Crippen LogP contribution in [0.2, 0.25) is 0 Å². The Morgan fingerprint density at radius 2 is 1.66 bits per heavy atom. The van der Waals surface area contributed by atoms with E-state index in [0.29, 0.717) is 0 Å². The van der Waals surface area contributed by atoms with E-state index < -0.39 is 35.5 Å². The number of nitrogens with one attached hydrogen (secondary N) is 1. The summed E-state index contributed by atoms with van der Waals surface area (Å²) < 4.78 is 47.0. The maximum Gasteiger partial charge on any atom is 0.573 e. The van der Waals surface area contributed by atoms with Crippen molar-refractivity contribution < 1.29 is 32.2 Å². The smallest absolute Gasteiger partial charge is 0.405 e. The third kappa shape index (κ3) is 7.20. The Hall–Kier alpha value is -2.91. The van der Waals surface area contributed by atoms with Gasteiger partial charge in [-0.2, -0.15) is 0 Å². The van der Waals surface area contributed by atoms with Crippen LogP contribution in [0.5, 0.6) is 5.75 Å². The molecule has 2 aromatic rings. The predicted molar refractivity (Wildman–Crippen MR) is 99.2 cm³/mol. The topological polar surface area (TPSA) is 67.9 Å². The Kier molecular flexibility index (Phi) is 7.74. The number of halogens is 3. The molecule has 6 nitrogen and oxygen atoms in total. The summed E-state index contributed by atoms with van der Waals surface area (Å²) in [6, 6.07) is 13.3. The number of hydrogen-bond donors (Lipinski definition) is 1. The number of carbonyl (C=O) groups is 2. The van der Waals surface area contributed by atoms with Gasteiger partial charge in [0.05, 0.1) is 18.8 Å². The van der Waals surface area contributed by atoms with Gasteiger partial charge in [-0.25, -0.2) is 0 Å². The Morgan fingerprint density at radius 3 is 2.28 bits per heavy atom. The van der Waals surface area contributed by atoms with Gasteiger partial charge < -0.3 is 9.47 Å². The van der Waals surface area contributed by atoms with Crippen molar-refractivity contribution in [2.24, 2.45) is 0 Å². The van der Waals surface area contributed by atoms with Gasteiger partial charge in [0.25, 0.3) is 5.91 Å². The number of hydrogen-bond acceptors (Lipinski definition) is 5. The van der Waals surface area contributed by atoms with Gasteiger partial charge >= 0.3 is 6.36 Å². The third-order valence-corrected chi connectivity index (χ3v) is 3.91. The van der Waals surface area contributed by atoms with Gasteiger partial charge in [-0.1, -0.05) is 42.5 Å². The second kappa shape index (κ2) is 10.0. The van der Waals surface area contributed by atoms with Gasteiger partial charge in [-0.3, -0.25) is 19.8 Å². The Labute approximate surface area is 166 Å². The van der Waals surface area contributed by atoms with Crippen molar-refractivity contribution in [3.63, 3.8) is 0 Å². The quantitative estimate of drug-likeness (QED) is 0.725. The van der Waals surface area contributed by atoms with Crippen molar-refractivity contribution in [1.29, 1.82) is 0 Å². The standard InChI is InChI=1S/C20H21F3N2O4/c1-25(2)16(13-28-12-14-8-4-3-5-9-14)19(27)24-18(26)15-10-6-7-11-17(15)29-20(21,22)23/h3-11,16H,12-13H2,1-2H3,(H,24,26,27)/t16-/m0/s1. The fourth-order valence-corrected chi connectivity index (χ4v) is 2.45. The Bertz CT molecular complexity index is 826. The lowest BCUT2D eigenvalue weighted by molar-refractivity contribution is -0.274. The fraction of sp³-hybridized carbons (Fsp3) is 0.300. The molecule has 0 fully saturated rings. The average Bonchev–Trinajstić information content (AvgIpc) is 2.64. The maximum atomic E-state index is 12.5. The summed E-state index contributed by atoms with van der Waals surface area (Å²) in [6.45, 7) is 0.260. The first-order valence-corrected chi connectivity index (χ1v) is 8.65. The number of imide groups is 1. The van der Waals surface area contributed by atoms with Crippen LogP contribution in [0.25, 0.3) is 0 Å². The van der Waals surface area contributed by atoms with Crippen molar-refractivity contribution in [1.82, 2.24) is 10.2 Å². The molecular weight excluding hydrogens is 389 g/mol. The third-order valence-electron chi connectivity index (χ3n) is 3.91. The molecule has 0 unspecified atom stereocenters. The Morgan fingerprint density at radius 1 is 1.03 bits per heavy atom. The van der Waals surface area contributed by atoms with Gasteiger partial charge in [0.1, 0.15) is 11.8 Å².